The predicted octanol–water partition coefficient (Wildman–Crippen LogP) is 3.31. The Morgan fingerprint density at radius 1 is 1.12 bits per heavy atom. The fourth-order valence-electron chi connectivity index (χ4n) is 3.09. The van der Waals surface area contributed by atoms with Crippen LogP contribution in [0.2, 0.25) is 0 Å². The van der Waals surface area contributed by atoms with Crippen molar-refractivity contribution in [2.45, 2.75) is 38.6 Å². The molecule has 0 saturated heterocycles. The molecule has 0 radical (unpaired) electrons. The van der Waals surface area contributed by atoms with Gasteiger partial charge in [-0.25, -0.2) is 0 Å². The third-order valence-electron chi connectivity index (χ3n) is 4.48. The van der Waals surface area contributed by atoms with Gasteiger partial charge in [0.2, 0.25) is 5.91 Å². The molecule has 26 heavy (non-hydrogen) atoms. The van der Waals surface area contributed by atoms with E-state index in [0.717, 1.165) is 17.5 Å². The van der Waals surface area contributed by atoms with Crippen molar-refractivity contribution in [2.75, 3.05) is 7.11 Å². The molecule has 2 aromatic rings. The average Bonchev–Trinajstić information content (AvgIpc) is 2.61. The Morgan fingerprint density at radius 3 is 2.42 bits per heavy atom. The predicted molar refractivity (Wildman–Crippen MR) is 100 cm³/mol. The normalized spacial score (nSPS) is 12.9. The first-order chi connectivity index (χ1) is 12.4. The van der Waals surface area contributed by atoms with Gasteiger partial charge in [0.25, 0.3) is 0 Å². The third-order valence-corrected chi connectivity index (χ3v) is 4.48. The summed E-state index contributed by atoms with van der Waals surface area (Å²) in [5.41, 5.74) is 1.73. The highest BCUT2D eigenvalue weighted by molar-refractivity contribution is 5.81. The van der Waals surface area contributed by atoms with Gasteiger partial charge in [-0.15, -0.1) is 0 Å². The lowest BCUT2D eigenvalue weighted by Gasteiger charge is -2.30. The van der Waals surface area contributed by atoms with Crippen LogP contribution in [0.3, 0.4) is 0 Å². The van der Waals surface area contributed by atoms with Crippen molar-refractivity contribution in [2.24, 2.45) is 0 Å². The smallest absolute Gasteiger partial charge is 0.306 e. The summed E-state index contributed by atoms with van der Waals surface area (Å²) in [6.45, 7) is 3.76. The summed E-state index contributed by atoms with van der Waals surface area (Å²) in [5, 5.41) is 12.3. The summed E-state index contributed by atoms with van der Waals surface area (Å²) in [6, 6.07) is 14.9. The monoisotopic (exact) mass is 355 g/mol. The third kappa shape index (κ3) is 4.85. The molecule has 0 bridgehead atoms. The molecule has 2 aromatic carbocycles. The largest absolute Gasteiger partial charge is 0.497 e. The molecule has 138 valence electrons. The maximum atomic E-state index is 12.7. The minimum atomic E-state index is -1.03. The first-order valence-corrected chi connectivity index (χ1v) is 8.62. The Bertz CT molecular complexity index is 787. The van der Waals surface area contributed by atoms with Gasteiger partial charge in [-0.05, 0) is 42.2 Å². The maximum Gasteiger partial charge on any atom is 0.306 e. The molecular formula is C21H25NO4. The zero-order valence-electron chi connectivity index (χ0n) is 15.4. The summed E-state index contributed by atoms with van der Waals surface area (Å²) >= 11 is 0. The summed E-state index contributed by atoms with van der Waals surface area (Å²) in [4.78, 5) is 24.1. The number of hydrogen-bond donors (Lipinski definition) is 2. The van der Waals surface area contributed by atoms with E-state index in [9.17, 15) is 14.7 Å². The number of carbonyl (C=O) groups is 2. The number of aliphatic carboxylic acids is 1. The molecule has 5 nitrogen and oxygen atoms in total. The molecular weight excluding hydrogens is 330 g/mol. The molecule has 0 spiro atoms. The standard InChI is InChI=1S/C21H25NO4/c1-4-15-8-5-6-9-16(15)12-19(23)22-21(2,14-20(24)25)17-10-7-11-18(13-17)26-3/h5-11,13H,4,12,14H2,1-3H3,(H,22,23)(H,24,25). The number of carboxylic acids is 1. The second-order valence-corrected chi connectivity index (χ2v) is 6.48. The molecule has 1 unspecified atom stereocenters. The van der Waals surface area contributed by atoms with Crippen LogP contribution in [0, 0.1) is 0 Å². The van der Waals surface area contributed by atoms with Crippen molar-refractivity contribution in [3.05, 3.63) is 65.2 Å². The van der Waals surface area contributed by atoms with E-state index in [-0.39, 0.29) is 18.7 Å². The van der Waals surface area contributed by atoms with Crippen LogP contribution in [0.15, 0.2) is 48.5 Å². The Hall–Kier alpha value is -2.82. The van der Waals surface area contributed by atoms with Crippen LogP contribution in [0.1, 0.15) is 37.0 Å². The van der Waals surface area contributed by atoms with E-state index in [1.54, 1.807) is 38.3 Å². The number of rotatable bonds is 8. The van der Waals surface area contributed by atoms with Gasteiger partial charge in [0.05, 0.1) is 25.5 Å². The molecule has 2 N–H and O–H groups in total. The molecule has 1 atom stereocenters. The van der Waals surface area contributed by atoms with Crippen LogP contribution >= 0.6 is 0 Å². The number of methoxy groups -OCH3 is 1. The van der Waals surface area contributed by atoms with E-state index in [0.29, 0.717) is 11.3 Å². The van der Waals surface area contributed by atoms with Gasteiger partial charge in [0.15, 0.2) is 0 Å². The summed E-state index contributed by atoms with van der Waals surface area (Å²) in [6.07, 6.45) is 0.830. The number of aryl methyl sites for hydroxylation is 1. The molecule has 0 fully saturated rings. The van der Waals surface area contributed by atoms with Gasteiger partial charge >= 0.3 is 5.97 Å². The number of amides is 1. The van der Waals surface area contributed by atoms with Crippen molar-refractivity contribution in [3.8, 4) is 5.75 Å². The Balaban J connectivity index is 2.26. The molecule has 2 rings (SSSR count). The molecule has 1 amide bonds. The Kier molecular flexibility index (Phi) is 6.39. The molecule has 0 aliphatic carbocycles. The highest BCUT2D eigenvalue weighted by Gasteiger charge is 2.32. The van der Waals surface area contributed by atoms with Crippen molar-refractivity contribution < 1.29 is 19.4 Å². The zero-order valence-corrected chi connectivity index (χ0v) is 15.4. The van der Waals surface area contributed by atoms with Crippen LogP contribution in [0.25, 0.3) is 0 Å². The second-order valence-electron chi connectivity index (χ2n) is 6.48. The van der Waals surface area contributed by atoms with Gasteiger partial charge in [0, 0.05) is 0 Å². The van der Waals surface area contributed by atoms with Crippen molar-refractivity contribution in [1.29, 1.82) is 0 Å². The lowest BCUT2D eigenvalue weighted by molar-refractivity contribution is -0.139. The van der Waals surface area contributed by atoms with Gasteiger partial charge < -0.3 is 15.2 Å². The van der Waals surface area contributed by atoms with Crippen molar-refractivity contribution >= 4 is 11.9 Å². The van der Waals surface area contributed by atoms with E-state index in [1.807, 2.05) is 31.2 Å². The van der Waals surface area contributed by atoms with Crippen LogP contribution in [-0.2, 0) is 28.0 Å². The van der Waals surface area contributed by atoms with Gasteiger partial charge in [-0.3, -0.25) is 9.59 Å². The SMILES string of the molecule is CCc1ccccc1CC(=O)NC(C)(CC(=O)O)c1cccc(OC)c1. The number of benzene rings is 2. The fraction of sp³-hybridized carbons (Fsp3) is 0.333. The van der Waals surface area contributed by atoms with Gasteiger partial charge in [-0.1, -0.05) is 43.3 Å². The zero-order chi connectivity index (χ0) is 19.2. The van der Waals surface area contributed by atoms with Crippen molar-refractivity contribution in [1.82, 2.24) is 5.32 Å². The minimum absolute atomic E-state index is 0.211. The van der Waals surface area contributed by atoms with E-state index in [2.05, 4.69) is 5.32 Å². The molecule has 0 saturated carbocycles. The van der Waals surface area contributed by atoms with Crippen LogP contribution < -0.4 is 10.1 Å². The molecule has 5 heteroatoms. The number of carboxylic acid groups (broad SMARTS) is 1. The molecule has 0 aliphatic rings. The Labute approximate surface area is 154 Å². The van der Waals surface area contributed by atoms with Crippen molar-refractivity contribution in [3.63, 3.8) is 0 Å². The van der Waals surface area contributed by atoms with E-state index in [1.165, 1.54) is 0 Å². The summed E-state index contributed by atoms with van der Waals surface area (Å²) in [7, 11) is 1.55. The van der Waals surface area contributed by atoms with E-state index in [4.69, 9.17) is 4.74 Å². The van der Waals surface area contributed by atoms with Crippen LogP contribution in [0.5, 0.6) is 5.75 Å². The lowest BCUT2D eigenvalue weighted by Crippen LogP contribution is -2.45. The summed E-state index contributed by atoms with van der Waals surface area (Å²) in [5.74, 6) is -0.577. The average molecular weight is 355 g/mol. The highest BCUT2D eigenvalue weighted by atomic mass is 16.5. The van der Waals surface area contributed by atoms with E-state index >= 15 is 0 Å². The van der Waals surface area contributed by atoms with Gasteiger partial charge in [-0.2, -0.15) is 0 Å². The first-order valence-electron chi connectivity index (χ1n) is 8.62. The number of nitrogens with one attached hydrogen (secondary N) is 1. The quantitative estimate of drug-likeness (QED) is 0.762. The fourth-order valence-corrected chi connectivity index (χ4v) is 3.09. The minimum Gasteiger partial charge on any atom is -0.497 e. The molecule has 0 aromatic heterocycles. The van der Waals surface area contributed by atoms with Crippen LogP contribution in [0.4, 0.5) is 0 Å². The number of ether oxygens (including phenoxy) is 1. The maximum absolute atomic E-state index is 12.7. The van der Waals surface area contributed by atoms with E-state index < -0.39 is 11.5 Å². The number of carbonyl (C=O) groups excluding carboxylic acids is 1. The molecule has 0 aliphatic heterocycles. The molecule has 0 heterocycles. The lowest BCUT2D eigenvalue weighted by atomic mass is 9.88. The highest BCUT2D eigenvalue weighted by Crippen LogP contribution is 2.28. The number of hydrogen-bond acceptors (Lipinski definition) is 3. The van der Waals surface area contributed by atoms with Gasteiger partial charge in [0.1, 0.15) is 5.75 Å². The first kappa shape index (κ1) is 19.5. The van der Waals surface area contributed by atoms with Crippen LogP contribution in [-0.4, -0.2) is 24.1 Å². The second kappa shape index (κ2) is 8.52. The topological polar surface area (TPSA) is 75.6 Å². The summed E-state index contributed by atoms with van der Waals surface area (Å²) < 4.78 is 5.23. The Morgan fingerprint density at radius 2 is 1.81 bits per heavy atom.